The number of aromatic nitrogens is 1. The molecular weight excluding hydrogens is 432 g/mol. The number of methoxy groups -OCH3 is 1. The number of rotatable bonds is 5. The normalized spacial score (nSPS) is 19.6. The van der Waals surface area contributed by atoms with Crippen LogP contribution in [0, 0.1) is 6.92 Å². The number of aromatic hydroxyl groups is 1. The quantitative estimate of drug-likeness (QED) is 0.389. The van der Waals surface area contributed by atoms with E-state index in [0.29, 0.717) is 28.7 Å². The molecule has 33 heavy (non-hydrogen) atoms. The SMILES string of the molecule is COc1ccc2c(c1)C(=O)N(C[C@@]1(c3cc4c(C)nc(O)c(C=O)c4o3)NC(=O)NC1=O)C2. The molecular formula is C22H18N4O7. The third-order valence-corrected chi connectivity index (χ3v) is 5.98. The zero-order valence-electron chi connectivity index (χ0n) is 17.6. The van der Waals surface area contributed by atoms with Crippen LogP contribution in [0.5, 0.6) is 11.6 Å². The summed E-state index contributed by atoms with van der Waals surface area (Å²) in [6.45, 7) is 1.59. The summed E-state index contributed by atoms with van der Waals surface area (Å²) < 4.78 is 11.0. The average Bonchev–Trinajstić information content (AvgIpc) is 3.44. The number of carbonyl (C=O) groups excluding carboxylic acids is 4. The van der Waals surface area contributed by atoms with Crippen LogP contribution in [-0.4, -0.2) is 52.8 Å². The van der Waals surface area contributed by atoms with Crippen molar-refractivity contribution >= 4 is 35.1 Å². The fraction of sp³-hybridized carbons (Fsp3) is 0.227. The first-order chi connectivity index (χ1) is 15.8. The molecule has 11 heteroatoms. The number of fused-ring (bicyclic) bond motifs is 2. The molecule has 1 fully saturated rings. The van der Waals surface area contributed by atoms with Gasteiger partial charge in [-0.05, 0) is 30.7 Å². The number of urea groups is 1. The summed E-state index contributed by atoms with van der Waals surface area (Å²) in [5, 5.41) is 15.2. The van der Waals surface area contributed by atoms with Gasteiger partial charge in [-0.1, -0.05) is 6.07 Å². The van der Waals surface area contributed by atoms with Gasteiger partial charge in [0, 0.05) is 17.5 Å². The van der Waals surface area contributed by atoms with E-state index in [1.165, 1.54) is 18.1 Å². The third kappa shape index (κ3) is 2.93. The van der Waals surface area contributed by atoms with Crippen molar-refractivity contribution in [3.05, 3.63) is 52.4 Å². The number of ether oxygens (including phenoxy) is 1. The molecule has 1 aromatic carbocycles. The summed E-state index contributed by atoms with van der Waals surface area (Å²) in [4.78, 5) is 55.1. The number of amides is 4. The largest absolute Gasteiger partial charge is 0.497 e. The molecule has 0 unspecified atom stereocenters. The van der Waals surface area contributed by atoms with E-state index >= 15 is 0 Å². The molecule has 1 atom stereocenters. The number of imide groups is 1. The minimum atomic E-state index is -1.75. The smallest absolute Gasteiger partial charge is 0.322 e. The monoisotopic (exact) mass is 450 g/mol. The van der Waals surface area contributed by atoms with Crippen LogP contribution >= 0.6 is 0 Å². The van der Waals surface area contributed by atoms with Crippen molar-refractivity contribution in [2.45, 2.75) is 19.0 Å². The Morgan fingerprint density at radius 1 is 1.30 bits per heavy atom. The highest BCUT2D eigenvalue weighted by Crippen LogP contribution is 2.37. The average molecular weight is 450 g/mol. The summed E-state index contributed by atoms with van der Waals surface area (Å²) in [6, 6.07) is 5.85. The van der Waals surface area contributed by atoms with E-state index in [2.05, 4.69) is 15.6 Å². The van der Waals surface area contributed by atoms with Crippen molar-refractivity contribution in [1.29, 1.82) is 0 Å². The van der Waals surface area contributed by atoms with E-state index in [0.717, 1.165) is 5.56 Å². The highest BCUT2D eigenvalue weighted by Gasteiger charge is 2.53. The number of carbonyl (C=O) groups is 4. The molecule has 0 saturated carbocycles. The van der Waals surface area contributed by atoms with Gasteiger partial charge in [-0.25, -0.2) is 9.78 Å². The van der Waals surface area contributed by atoms with E-state index in [1.54, 1.807) is 25.1 Å². The molecule has 11 nitrogen and oxygen atoms in total. The number of pyridine rings is 1. The Morgan fingerprint density at radius 2 is 2.09 bits per heavy atom. The predicted molar refractivity (Wildman–Crippen MR) is 112 cm³/mol. The molecule has 0 aliphatic carbocycles. The Labute approximate surface area is 186 Å². The molecule has 0 spiro atoms. The summed E-state index contributed by atoms with van der Waals surface area (Å²) in [6.07, 6.45) is 0.394. The van der Waals surface area contributed by atoms with Crippen molar-refractivity contribution in [2.24, 2.45) is 0 Å². The molecule has 1 saturated heterocycles. The van der Waals surface area contributed by atoms with Gasteiger partial charge in [0.25, 0.3) is 11.8 Å². The van der Waals surface area contributed by atoms with Crippen LogP contribution < -0.4 is 15.4 Å². The lowest BCUT2D eigenvalue weighted by Gasteiger charge is -2.29. The highest BCUT2D eigenvalue weighted by molar-refractivity contribution is 6.09. The van der Waals surface area contributed by atoms with Gasteiger partial charge in [0.1, 0.15) is 17.1 Å². The number of hydrogen-bond donors (Lipinski definition) is 3. The van der Waals surface area contributed by atoms with Gasteiger partial charge in [0.15, 0.2) is 17.4 Å². The molecule has 168 valence electrons. The molecule has 2 aromatic heterocycles. The Balaban J connectivity index is 1.61. The van der Waals surface area contributed by atoms with Crippen LogP contribution in [0.25, 0.3) is 11.0 Å². The van der Waals surface area contributed by atoms with Crippen LogP contribution in [0.1, 0.15) is 37.7 Å². The number of hydrogen-bond acceptors (Lipinski definition) is 8. The van der Waals surface area contributed by atoms with Crippen LogP contribution in [-0.2, 0) is 16.9 Å². The minimum absolute atomic E-state index is 0.000728. The van der Waals surface area contributed by atoms with Gasteiger partial charge in [-0.3, -0.25) is 19.7 Å². The van der Waals surface area contributed by atoms with Crippen molar-refractivity contribution in [1.82, 2.24) is 20.5 Å². The fourth-order valence-corrected chi connectivity index (χ4v) is 4.29. The predicted octanol–water partition coefficient (Wildman–Crippen LogP) is 1.35. The first kappa shape index (κ1) is 20.5. The van der Waals surface area contributed by atoms with Crippen molar-refractivity contribution < 1.29 is 33.4 Å². The van der Waals surface area contributed by atoms with Crippen LogP contribution in [0.4, 0.5) is 4.79 Å². The standard InChI is InChI=1S/C22H18N4O7/c1-10-13-6-16(33-17(13)15(8-27)18(28)23-10)22(20(30)24-21(31)25-22)9-26-7-11-3-4-12(32-2)5-14(11)19(26)29/h3-6,8H,7,9H2,1-2H3,(H,23,28)(H2,24,25,30,31)/t22-/m0/s1. The van der Waals surface area contributed by atoms with Gasteiger partial charge in [0.05, 0.1) is 19.3 Å². The molecule has 4 amide bonds. The van der Waals surface area contributed by atoms with E-state index < -0.39 is 23.4 Å². The Hall–Kier alpha value is -4.41. The lowest BCUT2D eigenvalue weighted by Crippen LogP contribution is -2.52. The second-order valence-electron chi connectivity index (χ2n) is 7.90. The summed E-state index contributed by atoms with van der Waals surface area (Å²) >= 11 is 0. The third-order valence-electron chi connectivity index (χ3n) is 5.98. The molecule has 5 rings (SSSR count). The molecule has 3 aromatic rings. The van der Waals surface area contributed by atoms with Crippen LogP contribution in [0.2, 0.25) is 0 Å². The maximum Gasteiger partial charge on any atom is 0.322 e. The molecule has 4 heterocycles. The van der Waals surface area contributed by atoms with Crippen LogP contribution in [0.3, 0.4) is 0 Å². The Bertz CT molecular complexity index is 1380. The van der Waals surface area contributed by atoms with Crippen molar-refractivity contribution in [2.75, 3.05) is 13.7 Å². The Kier molecular flexibility index (Phi) is 4.38. The zero-order valence-corrected chi connectivity index (χ0v) is 17.6. The lowest BCUT2D eigenvalue weighted by molar-refractivity contribution is -0.125. The zero-order chi connectivity index (χ0) is 23.5. The maximum atomic E-state index is 13.1. The lowest BCUT2D eigenvalue weighted by atomic mass is 9.95. The van der Waals surface area contributed by atoms with Crippen LogP contribution in [0.15, 0.2) is 28.7 Å². The summed E-state index contributed by atoms with van der Waals surface area (Å²) in [7, 11) is 1.50. The molecule has 0 radical (unpaired) electrons. The van der Waals surface area contributed by atoms with Gasteiger partial charge in [-0.15, -0.1) is 0 Å². The van der Waals surface area contributed by atoms with Gasteiger partial charge in [0.2, 0.25) is 5.88 Å². The number of benzene rings is 1. The Morgan fingerprint density at radius 3 is 2.76 bits per heavy atom. The van der Waals surface area contributed by atoms with Crippen molar-refractivity contribution in [3.63, 3.8) is 0 Å². The van der Waals surface area contributed by atoms with Gasteiger partial charge < -0.3 is 24.5 Å². The number of aryl methyl sites for hydroxylation is 1. The first-order valence-corrected chi connectivity index (χ1v) is 9.96. The van der Waals surface area contributed by atoms with E-state index in [-0.39, 0.29) is 35.9 Å². The van der Waals surface area contributed by atoms with E-state index in [9.17, 15) is 24.3 Å². The number of nitrogens with one attached hydrogen (secondary N) is 2. The maximum absolute atomic E-state index is 13.1. The summed E-state index contributed by atoms with van der Waals surface area (Å²) in [5.41, 5.74) is -0.358. The summed E-state index contributed by atoms with van der Waals surface area (Å²) in [5.74, 6) is -1.04. The first-order valence-electron chi connectivity index (χ1n) is 9.96. The van der Waals surface area contributed by atoms with Crippen molar-refractivity contribution in [3.8, 4) is 11.6 Å². The van der Waals surface area contributed by atoms with E-state index in [1.807, 2.05) is 0 Å². The number of furan rings is 1. The molecule has 2 aliphatic rings. The second kappa shape index (κ2) is 7.05. The molecule has 0 bridgehead atoms. The van der Waals surface area contributed by atoms with E-state index in [4.69, 9.17) is 9.15 Å². The molecule has 3 N–H and O–H groups in total. The van der Waals surface area contributed by atoms with Gasteiger partial charge in [-0.2, -0.15) is 0 Å². The second-order valence-corrected chi connectivity index (χ2v) is 7.90. The number of nitrogens with zero attached hydrogens (tertiary/aromatic N) is 2. The fourth-order valence-electron chi connectivity index (χ4n) is 4.29. The van der Waals surface area contributed by atoms with Gasteiger partial charge >= 0.3 is 6.03 Å². The molecule has 2 aliphatic heterocycles. The number of aldehydes is 1. The highest BCUT2D eigenvalue weighted by atomic mass is 16.5. The topological polar surface area (TPSA) is 151 Å². The minimum Gasteiger partial charge on any atom is -0.497 e.